The van der Waals surface area contributed by atoms with Crippen LogP contribution in [-0.4, -0.2) is 53.4 Å². The van der Waals surface area contributed by atoms with E-state index < -0.39 is 16.0 Å². The van der Waals surface area contributed by atoms with Crippen molar-refractivity contribution in [2.45, 2.75) is 12.8 Å². The van der Waals surface area contributed by atoms with Gasteiger partial charge in [-0.15, -0.1) is 0 Å². The van der Waals surface area contributed by atoms with E-state index in [2.05, 4.69) is 10.1 Å². The summed E-state index contributed by atoms with van der Waals surface area (Å²) in [4.78, 5) is 24.1. The molecule has 0 saturated heterocycles. The van der Waals surface area contributed by atoms with Crippen LogP contribution in [0.5, 0.6) is 11.5 Å². The highest BCUT2D eigenvalue weighted by Gasteiger charge is 2.21. The van der Waals surface area contributed by atoms with Gasteiger partial charge < -0.3 is 19.5 Å². The van der Waals surface area contributed by atoms with Gasteiger partial charge in [0, 0.05) is 24.7 Å². The summed E-state index contributed by atoms with van der Waals surface area (Å²) >= 11 is 5.98. The van der Waals surface area contributed by atoms with Crippen molar-refractivity contribution in [2.24, 2.45) is 0 Å². The minimum atomic E-state index is -3.58. The number of nitrogens with zero attached hydrogens (tertiary/aromatic N) is 1. The Bertz CT molecular complexity index is 1120. The van der Waals surface area contributed by atoms with Crippen LogP contribution in [0.4, 0.5) is 11.4 Å². The second-order valence-corrected chi connectivity index (χ2v) is 9.32. The zero-order valence-electron chi connectivity index (χ0n) is 17.6. The number of ether oxygens (including phenoxy) is 3. The van der Waals surface area contributed by atoms with Gasteiger partial charge >= 0.3 is 5.97 Å². The maximum atomic E-state index is 12.3. The summed E-state index contributed by atoms with van der Waals surface area (Å²) in [5.74, 6) is 0.0829. The van der Waals surface area contributed by atoms with E-state index in [1.54, 1.807) is 24.3 Å². The van der Waals surface area contributed by atoms with Crippen LogP contribution in [0.15, 0.2) is 36.4 Å². The zero-order chi connectivity index (χ0) is 23.3. The lowest BCUT2D eigenvalue weighted by molar-refractivity contribution is -0.116. The molecule has 32 heavy (non-hydrogen) atoms. The third-order valence-electron chi connectivity index (χ3n) is 4.63. The van der Waals surface area contributed by atoms with Gasteiger partial charge in [-0.25, -0.2) is 13.2 Å². The Morgan fingerprint density at radius 1 is 1.12 bits per heavy atom. The zero-order valence-corrected chi connectivity index (χ0v) is 19.2. The standard InChI is InChI=1S/C21H23ClN2O7S/c1-29-21(26)16-12-14(5-7-17(16)22)23-20(25)4-3-9-24(32(2,27)28)15-6-8-18-19(13-15)31-11-10-30-18/h5-8,12-13H,3-4,9-11H2,1-2H3,(H,23,25). The lowest BCUT2D eigenvalue weighted by Gasteiger charge is -2.25. The number of carbonyl (C=O) groups excluding carboxylic acids is 2. The van der Waals surface area contributed by atoms with E-state index in [-0.39, 0.29) is 35.9 Å². The van der Waals surface area contributed by atoms with Crippen molar-refractivity contribution in [1.82, 2.24) is 0 Å². The molecule has 172 valence electrons. The van der Waals surface area contributed by atoms with Crippen molar-refractivity contribution >= 4 is 44.9 Å². The third-order valence-corrected chi connectivity index (χ3v) is 6.16. The number of carbonyl (C=O) groups is 2. The fourth-order valence-electron chi connectivity index (χ4n) is 3.15. The molecule has 9 nitrogen and oxygen atoms in total. The molecule has 3 rings (SSSR count). The lowest BCUT2D eigenvalue weighted by Crippen LogP contribution is -2.31. The Balaban J connectivity index is 1.63. The third kappa shape index (κ3) is 5.83. The molecule has 0 aromatic heterocycles. The second-order valence-electron chi connectivity index (χ2n) is 7.00. The van der Waals surface area contributed by atoms with Crippen LogP contribution in [0.3, 0.4) is 0 Å². The van der Waals surface area contributed by atoms with Gasteiger partial charge in [-0.1, -0.05) is 11.6 Å². The summed E-state index contributed by atoms with van der Waals surface area (Å²) < 4.78 is 41.5. The molecule has 1 N–H and O–H groups in total. The molecular formula is C21H23ClN2O7S. The van der Waals surface area contributed by atoms with E-state index in [4.69, 9.17) is 21.1 Å². The lowest BCUT2D eigenvalue weighted by atomic mass is 10.2. The predicted octanol–water partition coefficient (Wildman–Crippen LogP) is 3.08. The van der Waals surface area contributed by atoms with E-state index >= 15 is 0 Å². The summed E-state index contributed by atoms with van der Waals surface area (Å²) in [5, 5.41) is 2.88. The van der Waals surface area contributed by atoms with Gasteiger partial charge in [0.15, 0.2) is 11.5 Å². The van der Waals surface area contributed by atoms with Gasteiger partial charge in [-0.3, -0.25) is 9.10 Å². The number of anilines is 2. The maximum absolute atomic E-state index is 12.3. The molecule has 0 radical (unpaired) electrons. The normalized spacial score (nSPS) is 12.7. The fourth-order valence-corrected chi connectivity index (χ4v) is 4.30. The summed E-state index contributed by atoms with van der Waals surface area (Å²) in [6.45, 7) is 0.920. The monoisotopic (exact) mass is 482 g/mol. The first-order chi connectivity index (χ1) is 15.2. The molecule has 0 unspecified atom stereocenters. The van der Waals surface area contributed by atoms with Crippen LogP contribution in [0.2, 0.25) is 5.02 Å². The Hall–Kier alpha value is -2.98. The number of benzene rings is 2. The molecule has 1 heterocycles. The number of sulfonamides is 1. The number of fused-ring (bicyclic) bond motifs is 1. The van der Waals surface area contributed by atoms with Crippen LogP contribution in [-0.2, 0) is 19.6 Å². The van der Waals surface area contributed by atoms with Crippen molar-refractivity contribution in [2.75, 3.05) is 42.7 Å². The topological polar surface area (TPSA) is 111 Å². The van der Waals surface area contributed by atoms with Gasteiger partial charge in [0.1, 0.15) is 13.2 Å². The molecule has 1 aliphatic heterocycles. The molecule has 2 aromatic carbocycles. The van der Waals surface area contributed by atoms with Crippen molar-refractivity contribution < 1.29 is 32.2 Å². The molecule has 1 aliphatic rings. The van der Waals surface area contributed by atoms with Crippen molar-refractivity contribution in [1.29, 1.82) is 0 Å². The van der Waals surface area contributed by atoms with Gasteiger partial charge in [0.05, 0.1) is 29.6 Å². The van der Waals surface area contributed by atoms with E-state index in [1.165, 1.54) is 23.5 Å². The van der Waals surface area contributed by atoms with Crippen molar-refractivity contribution in [3.63, 3.8) is 0 Å². The van der Waals surface area contributed by atoms with E-state index in [0.717, 1.165) is 6.26 Å². The van der Waals surface area contributed by atoms with Crippen LogP contribution in [0.1, 0.15) is 23.2 Å². The average molecular weight is 483 g/mol. The van der Waals surface area contributed by atoms with Gasteiger partial charge in [0.2, 0.25) is 15.9 Å². The van der Waals surface area contributed by atoms with Crippen LogP contribution >= 0.6 is 11.6 Å². The Kier molecular flexibility index (Phi) is 7.47. The minimum absolute atomic E-state index is 0.0623. The smallest absolute Gasteiger partial charge is 0.339 e. The summed E-state index contributed by atoms with van der Waals surface area (Å²) in [5.41, 5.74) is 0.943. The van der Waals surface area contributed by atoms with Gasteiger partial charge in [-0.05, 0) is 36.8 Å². The number of halogens is 1. The average Bonchev–Trinajstić information content (AvgIpc) is 2.76. The fraction of sp³-hybridized carbons (Fsp3) is 0.333. The summed E-state index contributed by atoms with van der Waals surface area (Å²) in [7, 11) is -2.35. The quantitative estimate of drug-likeness (QED) is 0.575. The summed E-state index contributed by atoms with van der Waals surface area (Å²) in [6.07, 6.45) is 1.43. The SMILES string of the molecule is COC(=O)c1cc(NC(=O)CCCN(c2ccc3c(c2)OCCO3)S(C)(=O)=O)ccc1Cl. The van der Waals surface area contributed by atoms with Crippen LogP contribution in [0, 0.1) is 0 Å². The molecule has 0 saturated carbocycles. The Morgan fingerprint density at radius 3 is 2.53 bits per heavy atom. The van der Waals surface area contributed by atoms with E-state index in [1.807, 2.05) is 0 Å². The molecule has 0 atom stereocenters. The second kappa shape index (κ2) is 10.1. The summed E-state index contributed by atoms with van der Waals surface area (Å²) in [6, 6.07) is 9.37. The number of hydrogen-bond acceptors (Lipinski definition) is 7. The van der Waals surface area contributed by atoms with Crippen LogP contribution < -0.4 is 19.1 Å². The van der Waals surface area contributed by atoms with Gasteiger partial charge in [-0.2, -0.15) is 0 Å². The number of methoxy groups -OCH3 is 1. The van der Waals surface area contributed by atoms with E-state index in [9.17, 15) is 18.0 Å². The number of rotatable bonds is 8. The Labute approximate surface area is 191 Å². The number of amides is 1. The molecule has 0 fully saturated rings. The molecule has 0 spiro atoms. The number of hydrogen-bond donors (Lipinski definition) is 1. The Morgan fingerprint density at radius 2 is 1.84 bits per heavy atom. The molecule has 0 aliphatic carbocycles. The molecule has 11 heteroatoms. The van der Waals surface area contributed by atoms with Crippen LogP contribution in [0.25, 0.3) is 0 Å². The van der Waals surface area contributed by atoms with Crippen molar-refractivity contribution in [3.05, 3.63) is 47.0 Å². The first kappa shape index (κ1) is 23.7. The first-order valence-corrected chi connectivity index (χ1v) is 12.0. The maximum Gasteiger partial charge on any atom is 0.339 e. The van der Waals surface area contributed by atoms with Gasteiger partial charge in [0.25, 0.3) is 0 Å². The minimum Gasteiger partial charge on any atom is -0.486 e. The molecular weight excluding hydrogens is 460 g/mol. The molecule has 0 bridgehead atoms. The highest BCUT2D eigenvalue weighted by molar-refractivity contribution is 7.92. The number of esters is 1. The molecule has 1 amide bonds. The highest BCUT2D eigenvalue weighted by atomic mass is 35.5. The van der Waals surface area contributed by atoms with E-state index in [0.29, 0.717) is 36.1 Å². The highest BCUT2D eigenvalue weighted by Crippen LogP contribution is 2.34. The molecule has 2 aromatic rings. The van der Waals surface area contributed by atoms with Crippen molar-refractivity contribution in [3.8, 4) is 11.5 Å². The predicted molar refractivity (Wildman–Crippen MR) is 120 cm³/mol. The first-order valence-electron chi connectivity index (χ1n) is 9.74. The number of nitrogens with one attached hydrogen (secondary N) is 1. The largest absolute Gasteiger partial charge is 0.486 e.